The van der Waals surface area contributed by atoms with Gasteiger partial charge < -0.3 is 14.4 Å². The van der Waals surface area contributed by atoms with Crippen LogP contribution in [0.5, 0.6) is 5.75 Å². The van der Waals surface area contributed by atoms with Gasteiger partial charge in [-0.2, -0.15) is 0 Å². The number of hydrogen-bond acceptors (Lipinski definition) is 8. The van der Waals surface area contributed by atoms with Crippen molar-refractivity contribution in [1.82, 2.24) is 19.9 Å². The molecule has 1 aliphatic heterocycles. The number of likely N-dealkylation sites (N-methyl/N-ethyl adjacent to an activating group) is 1. The van der Waals surface area contributed by atoms with Crippen LogP contribution in [0.15, 0.2) is 35.6 Å². The molecule has 0 radical (unpaired) electrons. The van der Waals surface area contributed by atoms with E-state index < -0.39 is 19.7 Å². The Balaban J connectivity index is 1.84. The third-order valence-electron chi connectivity index (χ3n) is 10.4. The average Bonchev–Trinajstić information content (AvgIpc) is 3.02. The predicted molar refractivity (Wildman–Crippen MR) is 206 cm³/mol. The number of ether oxygens (including phenoxy) is 2. The Bertz CT molecular complexity index is 1930. The Morgan fingerprint density at radius 3 is 2.28 bits per heavy atom. The molecule has 0 unspecified atom stereocenters. The smallest absolute Gasteiger partial charge is 0.188 e. The number of hydrogen-bond donors (Lipinski definition) is 0. The summed E-state index contributed by atoms with van der Waals surface area (Å²) in [6, 6.07) is 6.80. The lowest BCUT2D eigenvalue weighted by Gasteiger charge is -2.51. The van der Waals surface area contributed by atoms with E-state index in [-0.39, 0.29) is 35.1 Å². The van der Waals surface area contributed by atoms with Gasteiger partial charge in [-0.25, -0.2) is 23.7 Å². The second-order valence-corrected chi connectivity index (χ2v) is 21.6. The van der Waals surface area contributed by atoms with E-state index in [1.807, 2.05) is 19.4 Å². The van der Waals surface area contributed by atoms with E-state index in [9.17, 15) is 0 Å². The Morgan fingerprint density at radius 2 is 1.70 bits per heavy atom. The number of thioether (sulfide) groups is 1. The molecule has 0 aliphatic carbocycles. The van der Waals surface area contributed by atoms with Gasteiger partial charge in [0, 0.05) is 49.9 Å². The Hall–Kier alpha value is -3.30. The van der Waals surface area contributed by atoms with Gasteiger partial charge in [0.05, 0.1) is 17.0 Å². The monoisotopic (exact) mass is 719 g/mol. The van der Waals surface area contributed by atoms with Crippen LogP contribution in [0.25, 0.3) is 32.9 Å². The highest BCUT2D eigenvalue weighted by atomic mass is 32.2. The van der Waals surface area contributed by atoms with E-state index in [2.05, 4.69) is 93.5 Å². The number of fused-ring (bicyclic) bond motifs is 2. The third-order valence-corrected chi connectivity index (χ3v) is 17.3. The topological polar surface area (TPSA) is 63.6 Å². The highest BCUT2D eigenvalue weighted by Crippen LogP contribution is 2.43. The normalized spacial score (nSPS) is 14.5. The Labute approximate surface area is 301 Å². The molecule has 0 N–H and O–H groups in total. The van der Waals surface area contributed by atoms with Crippen LogP contribution in [-0.2, 0) is 4.74 Å². The van der Waals surface area contributed by atoms with Crippen molar-refractivity contribution in [1.29, 1.82) is 0 Å². The van der Waals surface area contributed by atoms with Gasteiger partial charge in [0.25, 0.3) is 0 Å². The van der Waals surface area contributed by atoms with Crippen molar-refractivity contribution in [3.63, 3.8) is 0 Å². The van der Waals surface area contributed by atoms with E-state index in [0.717, 1.165) is 13.1 Å². The van der Waals surface area contributed by atoms with Crippen LogP contribution in [0.4, 0.5) is 14.6 Å². The van der Waals surface area contributed by atoms with Crippen molar-refractivity contribution < 1.29 is 18.3 Å². The minimum absolute atomic E-state index is 0.0119. The molecule has 268 valence electrons. The molecule has 1 aliphatic rings. The first kappa shape index (κ1) is 37.9. The van der Waals surface area contributed by atoms with Gasteiger partial charge in [-0.05, 0) is 67.2 Å². The van der Waals surface area contributed by atoms with Crippen LogP contribution in [-0.4, -0.2) is 79.8 Å². The fourth-order valence-corrected chi connectivity index (χ4v) is 13.1. The molecule has 0 amide bonds. The summed E-state index contributed by atoms with van der Waals surface area (Å²) in [7, 11) is 1.28. The quantitative estimate of drug-likeness (QED) is 0.0529. The van der Waals surface area contributed by atoms with Gasteiger partial charge in [0.1, 0.15) is 36.7 Å². The van der Waals surface area contributed by atoms with Crippen molar-refractivity contribution >= 4 is 47.3 Å². The molecule has 0 bridgehead atoms. The maximum absolute atomic E-state index is 17.1. The molecule has 2 aromatic heterocycles. The number of anilines is 1. The summed E-state index contributed by atoms with van der Waals surface area (Å²) in [5.41, 5.74) is 5.61. The molecule has 0 atom stereocenters. The van der Waals surface area contributed by atoms with Crippen LogP contribution < -0.4 is 9.64 Å². The number of nitrogens with zero attached hydrogens (tertiary/aromatic N) is 5. The van der Waals surface area contributed by atoms with Crippen molar-refractivity contribution in [2.45, 2.75) is 95.7 Å². The number of rotatable bonds is 10. The highest BCUT2D eigenvalue weighted by Gasteiger charge is 2.42. The minimum Gasteiger partial charge on any atom is -0.468 e. The van der Waals surface area contributed by atoms with Crippen LogP contribution in [0.3, 0.4) is 0 Å². The van der Waals surface area contributed by atoms with Crippen LogP contribution in [0.2, 0.25) is 16.6 Å². The van der Waals surface area contributed by atoms with Crippen LogP contribution in [0, 0.1) is 23.1 Å². The Morgan fingerprint density at radius 1 is 1.04 bits per heavy atom. The van der Waals surface area contributed by atoms with Crippen molar-refractivity contribution in [2.24, 2.45) is 0 Å². The largest absolute Gasteiger partial charge is 0.468 e. The summed E-state index contributed by atoms with van der Waals surface area (Å²) in [6.45, 7) is 21.6. The molecule has 2 aromatic carbocycles. The molecular formula is C39H51F2N5O2SSi. The van der Waals surface area contributed by atoms with Crippen LogP contribution >= 0.6 is 11.8 Å². The van der Waals surface area contributed by atoms with Crippen LogP contribution in [0.1, 0.15) is 67.9 Å². The SMILES string of the molecule is COCOc1cc(-c2nc(N(C)C3CN(C(C)(C)C)C3)c3cnc(SC)nc3c2F)c2c(C#C[Si](C(C)C)(C(C)C)C(C)C)c(F)ccc2c1. The van der Waals surface area contributed by atoms with Gasteiger partial charge >= 0.3 is 0 Å². The van der Waals surface area contributed by atoms with Crippen molar-refractivity contribution in [3.8, 4) is 28.5 Å². The first-order valence-electron chi connectivity index (χ1n) is 17.3. The lowest BCUT2D eigenvalue weighted by Crippen LogP contribution is -2.64. The summed E-state index contributed by atoms with van der Waals surface area (Å²) in [5, 5.41) is 2.11. The maximum atomic E-state index is 17.1. The minimum atomic E-state index is -2.25. The summed E-state index contributed by atoms with van der Waals surface area (Å²) in [4.78, 5) is 18.7. The zero-order valence-corrected chi connectivity index (χ0v) is 33.4. The zero-order valence-electron chi connectivity index (χ0n) is 31.5. The molecule has 11 heteroatoms. The van der Waals surface area contributed by atoms with Crippen molar-refractivity contribution in [3.05, 3.63) is 47.7 Å². The van der Waals surface area contributed by atoms with E-state index in [1.54, 1.807) is 18.3 Å². The Kier molecular flexibility index (Phi) is 11.2. The number of pyridine rings is 1. The fraction of sp³-hybridized carbons (Fsp3) is 0.513. The molecule has 1 saturated heterocycles. The van der Waals surface area contributed by atoms with E-state index >= 15 is 8.78 Å². The molecular weight excluding hydrogens is 669 g/mol. The number of aromatic nitrogens is 3. The first-order valence-corrected chi connectivity index (χ1v) is 20.8. The lowest BCUT2D eigenvalue weighted by atomic mass is 9.95. The molecule has 0 saturated carbocycles. The first-order chi connectivity index (χ1) is 23.5. The molecule has 5 rings (SSSR count). The van der Waals surface area contributed by atoms with E-state index in [1.165, 1.54) is 24.9 Å². The van der Waals surface area contributed by atoms with Gasteiger partial charge in [0.2, 0.25) is 0 Å². The maximum Gasteiger partial charge on any atom is 0.188 e. The standard InChI is InChI=1S/C39H51F2N5O2SSi/c1-23(2)50(24(3)4,25(5)6)16-15-29-32(40)14-13-26-17-28(48-22-47-11)18-30(33(26)29)35-34(41)36-31(19-42-38(44-36)49-12)37(43-35)45(10)27-20-46(21-27)39(7,8)9/h13-14,17-19,23-25,27H,20-22H2,1-12H3. The second-order valence-electron chi connectivity index (χ2n) is 15.2. The van der Waals surface area contributed by atoms with Gasteiger partial charge in [-0.3, -0.25) is 4.90 Å². The number of halogens is 2. The van der Waals surface area contributed by atoms with E-state index in [4.69, 9.17) is 14.5 Å². The summed E-state index contributed by atoms with van der Waals surface area (Å²) >= 11 is 1.34. The number of benzene rings is 2. The van der Waals surface area contributed by atoms with Gasteiger partial charge in [0.15, 0.2) is 17.8 Å². The summed E-state index contributed by atoms with van der Waals surface area (Å²) in [5.74, 6) is 3.30. The molecule has 4 aromatic rings. The summed E-state index contributed by atoms with van der Waals surface area (Å²) < 4.78 is 44.4. The molecule has 1 fully saturated rings. The zero-order chi connectivity index (χ0) is 36.7. The third kappa shape index (κ3) is 6.96. The summed E-state index contributed by atoms with van der Waals surface area (Å²) in [6.07, 6.45) is 3.51. The van der Waals surface area contributed by atoms with Crippen molar-refractivity contribution in [2.75, 3.05) is 45.2 Å². The lowest BCUT2D eigenvalue weighted by molar-refractivity contribution is 0.0477. The number of methoxy groups -OCH3 is 1. The molecule has 50 heavy (non-hydrogen) atoms. The van der Waals surface area contributed by atoms with Gasteiger partial charge in [-0.15, -0.1) is 5.54 Å². The fourth-order valence-electron chi connectivity index (χ4n) is 7.53. The highest BCUT2D eigenvalue weighted by molar-refractivity contribution is 7.98. The molecule has 3 heterocycles. The molecule has 0 spiro atoms. The predicted octanol–water partition coefficient (Wildman–Crippen LogP) is 9.32. The second kappa shape index (κ2) is 14.7. The molecule has 7 nitrogen and oxygen atoms in total. The van der Waals surface area contributed by atoms with Gasteiger partial charge in [-0.1, -0.05) is 65.3 Å². The van der Waals surface area contributed by atoms with E-state index in [0.29, 0.717) is 55.1 Å². The average molecular weight is 720 g/mol. The number of likely N-dealkylation sites (tertiary alicyclic amines) is 1.